The van der Waals surface area contributed by atoms with Crippen LogP contribution in [0.15, 0.2) is 0 Å². The summed E-state index contributed by atoms with van der Waals surface area (Å²) in [5.41, 5.74) is 0. The largest absolute Gasteiger partial charge is 0.466 e. The van der Waals surface area contributed by atoms with Crippen molar-refractivity contribution in [2.75, 3.05) is 13.2 Å². The van der Waals surface area contributed by atoms with E-state index in [4.69, 9.17) is 4.74 Å². The van der Waals surface area contributed by atoms with E-state index in [0.717, 1.165) is 38.5 Å². The van der Waals surface area contributed by atoms with Crippen LogP contribution in [0.4, 0.5) is 0 Å². The van der Waals surface area contributed by atoms with Crippen molar-refractivity contribution in [3.8, 4) is 0 Å². The molecule has 0 aromatic carbocycles. The summed E-state index contributed by atoms with van der Waals surface area (Å²) in [6, 6.07) is -0.541. The van der Waals surface area contributed by atoms with Crippen LogP contribution < -0.4 is 5.32 Å². The maximum atomic E-state index is 12.6. The Kier molecular flexibility index (Phi) is 71.3. The van der Waals surface area contributed by atoms with Gasteiger partial charge in [0.25, 0.3) is 0 Å². The summed E-state index contributed by atoms with van der Waals surface area (Å²) >= 11 is 0. The molecule has 0 saturated heterocycles. The first-order valence-electron chi connectivity index (χ1n) is 38.3. The molecule has 2 unspecified atom stereocenters. The van der Waals surface area contributed by atoms with Crippen molar-refractivity contribution in [1.82, 2.24) is 5.32 Å². The second-order valence-electron chi connectivity index (χ2n) is 26.7. The lowest BCUT2D eigenvalue weighted by atomic mass is 10.0. The van der Waals surface area contributed by atoms with Gasteiger partial charge in [0, 0.05) is 12.8 Å². The van der Waals surface area contributed by atoms with Gasteiger partial charge in [-0.3, -0.25) is 9.59 Å². The summed E-state index contributed by atoms with van der Waals surface area (Å²) in [6.07, 6.45) is 88.9. The quantitative estimate of drug-likeness (QED) is 0.0417. The van der Waals surface area contributed by atoms with E-state index in [1.54, 1.807) is 0 Å². The molecular formula is C76H151NO5. The van der Waals surface area contributed by atoms with Crippen LogP contribution in [-0.4, -0.2) is 47.4 Å². The van der Waals surface area contributed by atoms with Crippen LogP contribution in [0, 0.1) is 0 Å². The molecule has 0 rings (SSSR count). The van der Waals surface area contributed by atoms with Crippen LogP contribution in [0.5, 0.6) is 0 Å². The minimum atomic E-state index is -0.664. The van der Waals surface area contributed by atoms with Gasteiger partial charge in [-0.1, -0.05) is 412 Å². The number of nitrogens with one attached hydrogen (secondary N) is 1. The summed E-state index contributed by atoms with van der Waals surface area (Å²) in [7, 11) is 0. The van der Waals surface area contributed by atoms with Crippen LogP contribution in [-0.2, 0) is 14.3 Å². The number of esters is 1. The van der Waals surface area contributed by atoms with Crippen molar-refractivity contribution in [3.05, 3.63) is 0 Å². The fourth-order valence-electron chi connectivity index (χ4n) is 12.6. The van der Waals surface area contributed by atoms with Gasteiger partial charge in [0.1, 0.15) is 0 Å². The van der Waals surface area contributed by atoms with E-state index in [0.29, 0.717) is 25.9 Å². The molecule has 82 heavy (non-hydrogen) atoms. The normalized spacial score (nSPS) is 12.4. The van der Waals surface area contributed by atoms with E-state index in [9.17, 15) is 19.8 Å². The molecule has 3 N–H and O–H groups in total. The summed E-state index contributed by atoms with van der Waals surface area (Å²) in [5, 5.41) is 23.5. The number of ether oxygens (including phenoxy) is 1. The van der Waals surface area contributed by atoms with Gasteiger partial charge in [-0.25, -0.2) is 0 Å². The lowest BCUT2D eigenvalue weighted by Gasteiger charge is -2.22. The molecular weight excluding hydrogens is 1010 g/mol. The highest BCUT2D eigenvalue weighted by Crippen LogP contribution is 2.20. The molecule has 0 fully saturated rings. The van der Waals surface area contributed by atoms with Crippen molar-refractivity contribution < 1.29 is 24.5 Å². The molecule has 490 valence electrons. The average molecular weight is 1160 g/mol. The molecule has 0 heterocycles. The maximum absolute atomic E-state index is 12.6. The minimum absolute atomic E-state index is 0.0211. The van der Waals surface area contributed by atoms with E-state index in [-0.39, 0.29) is 18.5 Å². The molecule has 0 radical (unpaired) electrons. The summed E-state index contributed by atoms with van der Waals surface area (Å²) in [5.74, 6) is -0.00560. The fraction of sp³-hybridized carbons (Fsp3) is 0.974. The molecule has 0 aromatic heterocycles. The van der Waals surface area contributed by atoms with Crippen LogP contribution in [0.1, 0.15) is 450 Å². The molecule has 0 aliphatic rings. The van der Waals surface area contributed by atoms with Gasteiger partial charge in [-0.05, 0) is 25.7 Å². The Hall–Kier alpha value is -1.14. The second kappa shape index (κ2) is 72.3. The highest BCUT2D eigenvalue weighted by Gasteiger charge is 2.20. The van der Waals surface area contributed by atoms with Gasteiger partial charge >= 0.3 is 5.97 Å². The van der Waals surface area contributed by atoms with E-state index in [2.05, 4.69) is 19.2 Å². The van der Waals surface area contributed by atoms with Gasteiger partial charge in [0.2, 0.25) is 5.91 Å². The summed E-state index contributed by atoms with van der Waals surface area (Å²) in [4.78, 5) is 24.7. The van der Waals surface area contributed by atoms with Crippen LogP contribution in [0.3, 0.4) is 0 Å². The number of hydrogen-bond donors (Lipinski definition) is 3. The summed E-state index contributed by atoms with van der Waals surface area (Å²) in [6.45, 7) is 5.02. The van der Waals surface area contributed by atoms with Gasteiger partial charge in [-0.2, -0.15) is 0 Å². The number of aliphatic hydroxyl groups excluding tert-OH is 2. The maximum Gasteiger partial charge on any atom is 0.305 e. The fourth-order valence-corrected chi connectivity index (χ4v) is 12.6. The first-order valence-corrected chi connectivity index (χ1v) is 38.3. The van der Waals surface area contributed by atoms with Crippen molar-refractivity contribution in [2.45, 2.75) is 463 Å². The lowest BCUT2D eigenvalue weighted by Crippen LogP contribution is -2.45. The van der Waals surface area contributed by atoms with Gasteiger partial charge in [0.05, 0.1) is 25.4 Å². The third kappa shape index (κ3) is 68.0. The second-order valence-corrected chi connectivity index (χ2v) is 26.7. The van der Waals surface area contributed by atoms with E-state index < -0.39 is 12.1 Å². The molecule has 2 atom stereocenters. The number of unbranched alkanes of at least 4 members (excludes halogenated alkanes) is 62. The molecule has 0 bridgehead atoms. The zero-order chi connectivity index (χ0) is 59.2. The molecule has 6 heteroatoms. The first-order chi connectivity index (χ1) is 40.5. The summed E-state index contributed by atoms with van der Waals surface area (Å²) < 4.78 is 5.50. The standard InChI is InChI=1S/C76H151NO5/c1-3-5-7-9-11-13-15-17-19-20-21-22-23-25-28-31-34-37-41-44-48-52-56-60-64-68-74(79)73(72-78)77-75(80)69-65-61-57-53-49-45-42-38-35-32-29-26-24-27-30-33-36-39-43-47-51-55-59-63-67-71-82-76(81)70-66-62-58-54-50-46-40-18-16-14-12-10-8-6-4-2/h73-74,78-79H,3-72H2,1-2H3,(H,77,80). The molecule has 1 amide bonds. The predicted octanol–water partition coefficient (Wildman–Crippen LogP) is 24.9. The van der Waals surface area contributed by atoms with Crippen molar-refractivity contribution >= 4 is 11.9 Å². The third-order valence-electron chi connectivity index (χ3n) is 18.4. The molecule has 0 aliphatic heterocycles. The van der Waals surface area contributed by atoms with Gasteiger partial charge < -0.3 is 20.3 Å². The van der Waals surface area contributed by atoms with E-state index >= 15 is 0 Å². The molecule has 0 saturated carbocycles. The molecule has 0 spiro atoms. The highest BCUT2D eigenvalue weighted by molar-refractivity contribution is 5.76. The average Bonchev–Trinajstić information content (AvgIpc) is 3.48. The van der Waals surface area contributed by atoms with Crippen LogP contribution in [0.25, 0.3) is 0 Å². The number of amides is 1. The Morgan fingerprint density at radius 2 is 0.500 bits per heavy atom. The van der Waals surface area contributed by atoms with E-state index in [1.165, 1.54) is 379 Å². The van der Waals surface area contributed by atoms with Gasteiger partial charge in [-0.15, -0.1) is 0 Å². The molecule has 6 nitrogen and oxygen atoms in total. The topological polar surface area (TPSA) is 95.9 Å². The number of hydrogen-bond acceptors (Lipinski definition) is 5. The van der Waals surface area contributed by atoms with Crippen molar-refractivity contribution in [3.63, 3.8) is 0 Å². The smallest absolute Gasteiger partial charge is 0.305 e. The molecule has 0 aromatic rings. The first kappa shape index (κ1) is 80.9. The van der Waals surface area contributed by atoms with Crippen molar-refractivity contribution in [1.29, 1.82) is 0 Å². The number of aliphatic hydroxyl groups is 2. The SMILES string of the molecule is CCCCCCCCCCCCCCCCCCCCCCCCCCCC(O)C(CO)NC(=O)CCCCCCCCCCCCCCCCCCCCCCCCCCCOC(=O)CCCCCCCCCCCCCCCCC. The van der Waals surface area contributed by atoms with Crippen LogP contribution in [0.2, 0.25) is 0 Å². The van der Waals surface area contributed by atoms with Gasteiger partial charge in [0.15, 0.2) is 0 Å². The Labute approximate surface area is 515 Å². The number of rotatable bonds is 73. The minimum Gasteiger partial charge on any atom is -0.466 e. The monoisotopic (exact) mass is 1160 g/mol. The Balaban J connectivity index is 3.35. The zero-order valence-electron chi connectivity index (χ0n) is 56.3. The van der Waals surface area contributed by atoms with Crippen LogP contribution >= 0.6 is 0 Å². The lowest BCUT2D eigenvalue weighted by molar-refractivity contribution is -0.143. The Morgan fingerprint density at radius 1 is 0.293 bits per heavy atom. The Morgan fingerprint density at radius 3 is 0.744 bits per heavy atom. The predicted molar refractivity (Wildman–Crippen MR) is 361 cm³/mol. The highest BCUT2D eigenvalue weighted by atomic mass is 16.5. The number of carbonyl (C=O) groups excluding carboxylic acids is 2. The Bertz CT molecular complexity index is 1200. The third-order valence-corrected chi connectivity index (χ3v) is 18.4. The van der Waals surface area contributed by atoms with E-state index in [1.807, 2.05) is 0 Å². The zero-order valence-corrected chi connectivity index (χ0v) is 56.3. The van der Waals surface area contributed by atoms with Crippen molar-refractivity contribution in [2.24, 2.45) is 0 Å². The number of carbonyl (C=O) groups is 2. The molecule has 0 aliphatic carbocycles.